The van der Waals surface area contributed by atoms with Crippen LogP contribution in [0.1, 0.15) is 6.42 Å². The summed E-state index contributed by atoms with van der Waals surface area (Å²) in [6.45, 7) is -1.82. The molecule has 1 saturated carbocycles. The van der Waals surface area contributed by atoms with Gasteiger partial charge in [-0.25, -0.2) is 4.39 Å². The van der Waals surface area contributed by atoms with Crippen LogP contribution in [0, 0.1) is 0 Å². The van der Waals surface area contributed by atoms with E-state index in [-0.39, 0.29) is 26.1 Å². The third-order valence-corrected chi connectivity index (χ3v) is 9.62. The number of carbonyl (C=O) groups is 1. The Bertz CT molecular complexity index is 1170. The van der Waals surface area contributed by atoms with Crippen LogP contribution in [-0.2, 0) is 33.2 Å². The maximum atomic E-state index is 14.0. The Morgan fingerprint density at radius 3 is 2.15 bits per heavy atom. The standard InChI is InChI=1S/C30H56FN7O15/c31-12(4-32)19(42)27(47)38-15-3-14(35)24(51-28-13(34)2-1-11(48-28)7-37-6-10(41)8-39)26(20(15)43)53-30-23(46)25(17(9-40)50-30)52-29-18(36)22(45)21(44)16(5-33)49-29/h1-2,10-26,28-30,37,39-46H,3-9,32-36H2,(H,38,47)/t10?,11-,12-,13+,14-,15+,16-,17+,18+,19?,20-,21+,22+,23+,24+,25+,26+,28+,29+,30-/m0/s1. The Hall–Kier alpha value is -1.66. The Morgan fingerprint density at radius 2 is 1.51 bits per heavy atom. The highest BCUT2D eigenvalue weighted by Crippen LogP contribution is 2.34. The summed E-state index contributed by atoms with van der Waals surface area (Å²) >= 11 is 0. The molecule has 22 nitrogen and oxygen atoms in total. The van der Waals surface area contributed by atoms with Crippen molar-refractivity contribution < 1.29 is 78.5 Å². The number of aliphatic hydroxyl groups is 8. The van der Waals surface area contributed by atoms with E-state index in [1.165, 1.54) is 0 Å². The fourth-order valence-electron chi connectivity index (χ4n) is 6.49. The number of alkyl halides is 1. The van der Waals surface area contributed by atoms with Crippen molar-refractivity contribution in [3.63, 3.8) is 0 Å². The van der Waals surface area contributed by atoms with Crippen molar-refractivity contribution in [1.29, 1.82) is 0 Å². The van der Waals surface area contributed by atoms with Crippen molar-refractivity contribution in [3.8, 4) is 0 Å². The maximum absolute atomic E-state index is 14.0. The molecule has 3 fully saturated rings. The van der Waals surface area contributed by atoms with Gasteiger partial charge in [-0.05, 0) is 6.42 Å². The third-order valence-electron chi connectivity index (χ3n) is 9.62. The zero-order chi connectivity index (χ0) is 39.1. The van der Waals surface area contributed by atoms with Gasteiger partial charge in [0.1, 0.15) is 61.1 Å². The van der Waals surface area contributed by atoms with Crippen molar-refractivity contribution >= 4 is 5.91 Å². The van der Waals surface area contributed by atoms with Crippen LogP contribution in [0.3, 0.4) is 0 Å². The molecule has 20 N–H and O–H groups in total. The quantitative estimate of drug-likeness (QED) is 0.0610. The minimum absolute atomic E-state index is 0.0613. The molecular weight excluding hydrogens is 717 g/mol. The van der Waals surface area contributed by atoms with Crippen molar-refractivity contribution in [1.82, 2.24) is 10.6 Å². The molecule has 23 heteroatoms. The van der Waals surface area contributed by atoms with Crippen molar-refractivity contribution in [2.24, 2.45) is 28.7 Å². The molecule has 3 heterocycles. The maximum Gasteiger partial charge on any atom is 0.252 e. The monoisotopic (exact) mass is 773 g/mol. The molecular formula is C30H56FN7O15. The SMILES string of the molecule is NC[C@@H]1O[C@H](O[C@H]2[C@@H](O)[C@H](O[C@@H]3[C@@H](O)[C@H](NC(=O)C(O)[C@@H](F)CN)C[C@H](N)[C@H]3O[C@H]3O[C@H](CNCC(O)CO)C=C[C@H]3N)O[C@@H]2CO)[C@H](N)[C@@H](O)[C@@H]1O. The highest BCUT2D eigenvalue weighted by molar-refractivity contribution is 5.81. The third kappa shape index (κ3) is 10.6. The first kappa shape index (κ1) is 44.1. The first-order valence-corrected chi connectivity index (χ1v) is 17.4. The number of rotatable bonds is 17. The lowest BCUT2D eigenvalue weighted by atomic mass is 9.83. The molecule has 0 spiro atoms. The number of hydrogen-bond acceptors (Lipinski definition) is 21. The molecule has 4 aliphatic rings. The van der Waals surface area contributed by atoms with Crippen LogP contribution in [0.25, 0.3) is 0 Å². The lowest BCUT2D eigenvalue weighted by Crippen LogP contribution is -2.67. The summed E-state index contributed by atoms with van der Waals surface area (Å²) < 4.78 is 49.5. The van der Waals surface area contributed by atoms with Gasteiger partial charge in [0.05, 0.1) is 43.5 Å². The fraction of sp³-hybridized carbons (Fsp3) is 0.900. The Balaban J connectivity index is 1.54. The van der Waals surface area contributed by atoms with Crippen molar-refractivity contribution in [3.05, 3.63) is 12.2 Å². The second-order valence-electron chi connectivity index (χ2n) is 13.6. The molecule has 2 unspecified atom stereocenters. The van der Waals surface area contributed by atoms with Crippen LogP contribution in [0.4, 0.5) is 4.39 Å². The van der Waals surface area contributed by atoms with Crippen LogP contribution in [0.2, 0.25) is 0 Å². The summed E-state index contributed by atoms with van der Waals surface area (Å²) in [5.41, 5.74) is 29.7. The fourth-order valence-corrected chi connectivity index (χ4v) is 6.49. The van der Waals surface area contributed by atoms with E-state index in [4.69, 9.17) is 62.2 Å². The Morgan fingerprint density at radius 1 is 0.849 bits per heavy atom. The molecule has 1 aliphatic carbocycles. The second kappa shape index (κ2) is 20.0. The number of nitrogens with two attached hydrogens (primary N) is 5. The van der Waals surface area contributed by atoms with E-state index in [0.29, 0.717) is 0 Å². The van der Waals surface area contributed by atoms with Gasteiger partial charge in [0, 0.05) is 32.2 Å². The number of ether oxygens (including phenoxy) is 6. The van der Waals surface area contributed by atoms with Crippen LogP contribution in [-0.4, -0.2) is 209 Å². The molecule has 0 bridgehead atoms. The van der Waals surface area contributed by atoms with E-state index in [0.717, 1.165) is 0 Å². The summed E-state index contributed by atoms with van der Waals surface area (Å²) in [5, 5.41) is 87.8. The largest absolute Gasteiger partial charge is 0.394 e. The highest BCUT2D eigenvalue weighted by atomic mass is 19.1. The van der Waals surface area contributed by atoms with E-state index in [1.54, 1.807) is 12.2 Å². The van der Waals surface area contributed by atoms with E-state index >= 15 is 0 Å². The zero-order valence-electron chi connectivity index (χ0n) is 28.9. The number of nitrogens with one attached hydrogen (secondary N) is 2. The van der Waals surface area contributed by atoms with E-state index in [1.807, 2.05) is 0 Å². The molecule has 53 heavy (non-hydrogen) atoms. The zero-order valence-corrected chi connectivity index (χ0v) is 28.9. The number of carbonyl (C=O) groups excluding carboxylic acids is 1. The second-order valence-corrected chi connectivity index (χ2v) is 13.6. The van der Waals surface area contributed by atoms with Gasteiger partial charge in [-0.3, -0.25) is 4.79 Å². The van der Waals surface area contributed by atoms with E-state index in [9.17, 15) is 44.9 Å². The molecule has 308 valence electrons. The summed E-state index contributed by atoms with van der Waals surface area (Å²) in [7, 11) is 0. The van der Waals surface area contributed by atoms with Crippen LogP contribution in [0.15, 0.2) is 12.2 Å². The van der Waals surface area contributed by atoms with Crippen LogP contribution in [0.5, 0.6) is 0 Å². The van der Waals surface area contributed by atoms with Crippen LogP contribution < -0.4 is 39.3 Å². The summed E-state index contributed by atoms with van der Waals surface area (Å²) in [5.74, 6) is -1.19. The normalized spacial score (nSPS) is 43.7. The lowest BCUT2D eigenvalue weighted by Gasteiger charge is -2.46. The lowest BCUT2D eigenvalue weighted by molar-refractivity contribution is -0.284. The minimum Gasteiger partial charge on any atom is -0.394 e. The molecule has 3 aliphatic heterocycles. The molecule has 0 aromatic rings. The average Bonchev–Trinajstić information content (AvgIpc) is 3.44. The molecule has 0 aromatic heterocycles. The molecule has 0 aromatic carbocycles. The summed E-state index contributed by atoms with van der Waals surface area (Å²) in [4.78, 5) is 12.7. The van der Waals surface area contributed by atoms with Gasteiger partial charge in [0.15, 0.2) is 25.0 Å². The number of hydrogen-bond donors (Lipinski definition) is 15. The topological polar surface area (TPSA) is 388 Å². The number of halogens is 1. The predicted molar refractivity (Wildman–Crippen MR) is 176 cm³/mol. The van der Waals surface area contributed by atoms with Gasteiger partial charge in [0.25, 0.3) is 5.91 Å². The first-order chi connectivity index (χ1) is 25.1. The minimum atomic E-state index is -2.17. The van der Waals surface area contributed by atoms with Gasteiger partial charge >= 0.3 is 0 Å². The average molecular weight is 774 g/mol. The van der Waals surface area contributed by atoms with Crippen molar-refractivity contribution in [2.45, 2.75) is 129 Å². The summed E-state index contributed by atoms with van der Waals surface area (Å²) in [6.07, 6.45) is -20.3. The molecule has 4 rings (SSSR count). The van der Waals surface area contributed by atoms with Gasteiger partial charge in [0.2, 0.25) is 0 Å². The molecule has 2 saturated heterocycles. The Kier molecular flexibility index (Phi) is 16.6. The van der Waals surface area contributed by atoms with E-state index in [2.05, 4.69) is 10.6 Å². The first-order valence-electron chi connectivity index (χ1n) is 17.4. The van der Waals surface area contributed by atoms with E-state index < -0.39 is 148 Å². The number of aliphatic hydroxyl groups excluding tert-OH is 8. The summed E-state index contributed by atoms with van der Waals surface area (Å²) in [6, 6.07) is -4.52. The number of amides is 1. The van der Waals surface area contributed by atoms with Crippen LogP contribution >= 0.6 is 0 Å². The van der Waals surface area contributed by atoms with Gasteiger partial charge in [-0.2, -0.15) is 0 Å². The van der Waals surface area contributed by atoms with Crippen molar-refractivity contribution in [2.75, 3.05) is 39.4 Å². The Labute approximate surface area is 304 Å². The van der Waals surface area contributed by atoms with Gasteiger partial charge in [-0.1, -0.05) is 12.2 Å². The predicted octanol–water partition coefficient (Wildman–Crippen LogP) is -9.26. The van der Waals surface area contributed by atoms with Gasteiger partial charge < -0.3 is 109 Å². The smallest absolute Gasteiger partial charge is 0.252 e. The molecule has 1 amide bonds. The molecule has 20 atom stereocenters. The molecule has 0 radical (unpaired) electrons. The highest BCUT2D eigenvalue weighted by Gasteiger charge is 2.54. The van der Waals surface area contributed by atoms with Gasteiger partial charge in [-0.15, -0.1) is 0 Å².